The van der Waals surface area contributed by atoms with Gasteiger partial charge in [-0.15, -0.1) is 0 Å². The van der Waals surface area contributed by atoms with E-state index in [1.54, 1.807) is 32.9 Å². The van der Waals surface area contributed by atoms with Crippen molar-refractivity contribution in [3.63, 3.8) is 0 Å². The number of carbonyl (C=O) groups is 4. The second-order valence-corrected chi connectivity index (χ2v) is 10.9. The summed E-state index contributed by atoms with van der Waals surface area (Å²) < 4.78 is 21.8. The number of rotatable bonds is 23. The zero-order chi connectivity index (χ0) is 30.2. The van der Waals surface area contributed by atoms with Crippen molar-refractivity contribution < 1.29 is 38.1 Å². The van der Waals surface area contributed by atoms with Crippen LogP contribution in [0.2, 0.25) is 0 Å². The van der Waals surface area contributed by atoms with E-state index in [4.69, 9.17) is 18.9 Å². The summed E-state index contributed by atoms with van der Waals surface area (Å²) in [6.07, 6.45) is 5.53. The van der Waals surface area contributed by atoms with Gasteiger partial charge >= 0.3 is 0 Å². The standard InChI is InChI=1S/C17H36N2O5.C10H17NO3S/c1-16(2,21-6)7-10-24-17(3,4)15(20)19-9-12-23-14-13-22-11-8-18-5;1-11(6-3-4-7-12)10(14)9(15-2)5-8-13/h18H,7-14H2,1-6H3,(H,19,20);7-9H,3-6H2,1-2H3. The fourth-order valence-electron chi connectivity index (χ4n) is 2.82. The lowest BCUT2D eigenvalue weighted by atomic mass is 10.1. The summed E-state index contributed by atoms with van der Waals surface area (Å²) in [6.45, 7) is 12.0. The van der Waals surface area contributed by atoms with Gasteiger partial charge in [0.2, 0.25) is 5.91 Å². The fraction of sp³-hybridized carbons (Fsp3) is 0.852. The van der Waals surface area contributed by atoms with Gasteiger partial charge in [0.1, 0.15) is 18.2 Å². The SMILES string of the molecule is CNCCOCCOCCNC(=O)C(C)(C)OCCC(C)(C)OC.CSC(CC=O)C(=O)N(C)CCCC=O. The van der Waals surface area contributed by atoms with Crippen molar-refractivity contribution in [2.75, 3.05) is 80.1 Å². The molecule has 11 nitrogen and oxygen atoms in total. The van der Waals surface area contributed by atoms with Gasteiger partial charge in [-0.2, -0.15) is 11.8 Å². The Morgan fingerprint density at radius 1 is 0.974 bits per heavy atom. The topological polar surface area (TPSA) is 132 Å². The number of likely N-dealkylation sites (N-methyl/N-ethyl adjacent to an activating group) is 1. The number of hydrogen-bond acceptors (Lipinski definition) is 10. The van der Waals surface area contributed by atoms with E-state index < -0.39 is 5.60 Å². The highest BCUT2D eigenvalue weighted by Crippen LogP contribution is 2.16. The Kier molecular flexibility index (Phi) is 24.6. The number of aldehydes is 2. The molecule has 230 valence electrons. The number of methoxy groups -OCH3 is 1. The number of nitrogens with one attached hydrogen (secondary N) is 2. The second kappa shape index (κ2) is 24.2. The van der Waals surface area contributed by atoms with Crippen molar-refractivity contribution >= 4 is 36.1 Å². The molecule has 2 amide bonds. The van der Waals surface area contributed by atoms with Gasteiger partial charge in [-0.05, 0) is 53.8 Å². The van der Waals surface area contributed by atoms with Gasteiger partial charge in [-0.1, -0.05) is 0 Å². The number of amides is 2. The Morgan fingerprint density at radius 3 is 2.10 bits per heavy atom. The molecule has 0 fully saturated rings. The van der Waals surface area contributed by atoms with Gasteiger partial charge in [-0.3, -0.25) is 9.59 Å². The van der Waals surface area contributed by atoms with Crippen LogP contribution in [0.5, 0.6) is 0 Å². The summed E-state index contributed by atoms with van der Waals surface area (Å²) in [6, 6.07) is 0. The zero-order valence-electron chi connectivity index (χ0n) is 25.3. The third-order valence-corrected chi connectivity index (χ3v) is 6.69. The van der Waals surface area contributed by atoms with Crippen molar-refractivity contribution in [1.82, 2.24) is 15.5 Å². The van der Waals surface area contributed by atoms with E-state index in [9.17, 15) is 19.2 Å². The molecule has 0 rings (SSSR count). The van der Waals surface area contributed by atoms with Gasteiger partial charge in [0, 0.05) is 46.6 Å². The highest BCUT2D eigenvalue weighted by atomic mass is 32.2. The molecule has 0 aliphatic heterocycles. The van der Waals surface area contributed by atoms with Crippen LogP contribution in [0, 0.1) is 0 Å². The van der Waals surface area contributed by atoms with E-state index in [-0.39, 0.29) is 29.1 Å². The van der Waals surface area contributed by atoms with Crippen molar-refractivity contribution in [3.8, 4) is 0 Å². The molecule has 12 heteroatoms. The molecule has 1 unspecified atom stereocenters. The van der Waals surface area contributed by atoms with Crippen molar-refractivity contribution in [2.24, 2.45) is 0 Å². The van der Waals surface area contributed by atoms with Gasteiger partial charge in [0.05, 0.1) is 43.9 Å². The maximum absolute atomic E-state index is 12.1. The average molecular weight is 580 g/mol. The van der Waals surface area contributed by atoms with Crippen LogP contribution in [0.1, 0.15) is 53.4 Å². The summed E-state index contributed by atoms with van der Waals surface area (Å²) in [5.41, 5.74) is -1.13. The molecule has 0 saturated heterocycles. The molecule has 0 radical (unpaired) electrons. The van der Waals surface area contributed by atoms with Gasteiger partial charge in [-0.25, -0.2) is 0 Å². The van der Waals surface area contributed by atoms with Crippen molar-refractivity contribution in [1.29, 1.82) is 0 Å². The first-order valence-corrected chi connectivity index (χ1v) is 14.6. The summed E-state index contributed by atoms with van der Waals surface area (Å²) >= 11 is 1.38. The third kappa shape index (κ3) is 21.9. The number of thioether (sulfide) groups is 1. The lowest BCUT2D eigenvalue weighted by Crippen LogP contribution is -2.46. The fourth-order valence-corrected chi connectivity index (χ4v) is 3.47. The number of nitrogens with zero attached hydrogens (tertiary/aromatic N) is 1. The minimum Gasteiger partial charge on any atom is -0.379 e. The molecule has 0 aromatic carbocycles. The van der Waals surface area contributed by atoms with E-state index in [1.807, 2.05) is 27.2 Å². The van der Waals surface area contributed by atoms with Gasteiger partial charge in [0.15, 0.2) is 0 Å². The number of ether oxygens (including phenoxy) is 4. The molecule has 0 aromatic heterocycles. The molecular weight excluding hydrogens is 526 g/mol. The van der Waals surface area contributed by atoms with Crippen LogP contribution < -0.4 is 10.6 Å². The monoisotopic (exact) mass is 579 g/mol. The molecule has 0 heterocycles. The van der Waals surface area contributed by atoms with Crippen LogP contribution in [0.15, 0.2) is 0 Å². The lowest BCUT2D eigenvalue weighted by molar-refractivity contribution is -0.145. The Labute approximate surface area is 239 Å². The number of hydrogen-bond donors (Lipinski definition) is 2. The molecular formula is C27H53N3O8S. The molecule has 0 spiro atoms. The quantitative estimate of drug-likeness (QED) is 0.136. The van der Waals surface area contributed by atoms with Crippen LogP contribution >= 0.6 is 11.8 Å². The average Bonchev–Trinajstić information content (AvgIpc) is 2.90. The van der Waals surface area contributed by atoms with Crippen LogP contribution in [0.4, 0.5) is 0 Å². The Morgan fingerprint density at radius 2 is 1.59 bits per heavy atom. The van der Waals surface area contributed by atoms with Crippen LogP contribution in [0.3, 0.4) is 0 Å². The Hall–Kier alpha value is -1.57. The molecule has 0 aromatic rings. The van der Waals surface area contributed by atoms with E-state index >= 15 is 0 Å². The number of unbranched alkanes of at least 4 members (excludes halogenated alkanes) is 1. The minimum absolute atomic E-state index is 0.0412. The largest absolute Gasteiger partial charge is 0.379 e. The van der Waals surface area contributed by atoms with Crippen LogP contribution in [0.25, 0.3) is 0 Å². The smallest absolute Gasteiger partial charge is 0.251 e. The third-order valence-electron chi connectivity index (χ3n) is 5.73. The zero-order valence-corrected chi connectivity index (χ0v) is 26.2. The Bertz CT molecular complexity index is 665. The Balaban J connectivity index is 0. The lowest BCUT2D eigenvalue weighted by Gasteiger charge is -2.28. The predicted octanol–water partition coefficient (Wildman–Crippen LogP) is 1.71. The molecule has 2 N–H and O–H groups in total. The number of carbonyl (C=O) groups excluding carboxylic acids is 4. The van der Waals surface area contributed by atoms with Crippen molar-refractivity contribution in [2.45, 2.75) is 69.8 Å². The van der Waals surface area contributed by atoms with E-state index in [2.05, 4.69) is 10.6 Å². The summed E-state index contributed by atoms with van der Waals surface area (Å²) in [5.74, 6) is -0.188. The first-order chi connectivity index (χ1) is 18.4. The molecule has 0 bridgehead atoms. The van der Waals surface area contributed by atoms with E-state index in [1.165, 1.54) is 11.8 Å². The maximum Gasteiger partial charge on any atom is 0.251 e. The predicted molar refractivity (Wildman–Crippen MR) is 155 cm³/mol. The molecule has 1 atom stereocenters. The summed E-state index contributed by atoms with van der Waals surface area (Å²) in [4.78, 5) is 45.9. The minimum atomic E-state index is -0.875. The molecule has 0 aliphatic rings. The maximum atomic E-state index is 12.1. The summed E-state index contributed by atoms with van der Waals surface area (Å²) in [7, 11) is 5.25. The van der Waals surface area contributed by atoms with E-state index in [0.717, 1.165) is 25.5 Å². The van der Waals surface area contributed by atoms with Crippen LogP contribution in [-0.2, 0) is 38.1 Å². The normalized spacial score (nSPS) is 12.2. The highest BCUT2D eigenvalue weighted by molar-refractivity contribution is 7.99. The molecule has 0 aliphatic carbocycles. The first kappa shape index (κ1) is 39.6. The van der Waals surface area contributed by atoms with E-state index in [0.29, 0.717) is 59.0 Å². The van der Waals surface area contributed by atoms with Gasteiger partial charge < -0.3 is 44.1 Å². The molecule has 0 saturated carbocycles. The van der Waals surface area contributed by atoms with Crippen molar-refractivity contribution in [3.05, 3.63) is 0 Å². The highest BCUT2D eigenvalue weighted by Gasteiger charge is 2.29. The second-order valence-electron chi connectivity index (χ2n) is 9.85. The summed E-state index contributed by atoms with van der Waals surface area (Å²) in [5, 5.41) is 5.54. The van der Waals surface area contributed by atoms with Gasteiger partial charge in [0.25, 0.3) is 5.91 Å². The molecule has 39 heavy (non-hydrogen) atoms. The first-order valence-electron chi connectivity index (χ1n) is 13.3. The van der Waals surface area contributed by atoms with Crippen LogP contribution in [-0.4, -0.2) is 126 Å².